The maximum absolute atomic E-state index is 13.7. The van der Waals surface area contributed by atoms with E-state index in [9.17, 15) is 4.39 Å². The van der Waals surface area contributed by atoms with E-state index < -0.39 is 5.82 Å². The Morgan fingerprint density at radius 3 is 2.65 bits per heavy atom. The summed E-state index contributed by atoms with van der Waals surface area (Å²) in [7, 11) is 0. The lowest BCUT2D eigenvalue weighted by Gasteiger charge is -2.10. The molecule has 0 spiro atoms. The van der Waals surface area contributed by atoms with Crippen molar-refractivity contribution in [2.24, 2.45) is 0 Å². The zero-order valence-corrected chi connectivity index (χ0v) is 12.4. The number of anilines is 2. The molecule has 0 aliphatic heterocycles. The summed E-state index contributed by atoms with van der Waals surface area (Å²) in [6.45, 7) is 0. The van der Waals surface area contributed by atoms with Gasteiger partial charge >= 0.3 is 0 Å². The van der Waals surface area contributed by atoms with Crippen molar-refractivity contribution in [2.75, 3.05) is 5.32 Å². The molecule has 2 aromatic carbocycles. The van der Waals surface area contributed by atoms with Crippen LogP contribution in [-0.2, 0) is 0 Å². The van der Waals surface area contributed by atoms with E-state index in [2.05, 4.69) is 31.2 Å². The molecule has 1 heterocycles. The van der Waals surface area contributed by atoms with Crippen LogP contribution in [0.4, 0.5) is 15.9 Å². The first-order valence-corrected chi connectivity index (χ1v) is 6.94. The number of hydrogen-bond donors (Lipinski definition) is 1. The number of nitrogens with one attached hydrogen (secondary N) is 1. The molecule has 0 amide bonds. The molecule has 3 nitrogen and oxygen atoms in total. The molecule has 0 bridgehead atoms. The SMILES string of the molecule is Fc1cnc(Cl)nc1Nc1ccc(Br)c2ccccc12. The first-order valence-electron chi connectivity index (χ1n) is 5.77. The van der Waals surface area contributed by atoms with Crippen molar-refractivity contribution in [2.45, 2.75) is 0 Å². The molecule has 0 aliphatic carbocycles. The summed E-state index contributed by atoms with van der Waals surface area (Å²) in [6, 6.07) is 11.5. The Bertz CT molecular complexity index is 794. The van der Waals surface area contributed by atoms with Gasteiger partial charge < -0.3 is 5.32 Å². The third-order valence-corrected chi connectivity index (χ3v) is 3.71. The second-order valence-electron chi connectivity index (χ2n) is 4.10. The summed E-state index contributed by atoms with van der Waals surface area (Å²) in [4.78, 5) is 7.44. The fraction of sp³-hybridized carbons (Fsp3) is 0. The Balaban J connectivity index is 2.11. The Hall–Kier alpha value is -1.72. The number of nitrogens with zero attached hydrogens (tertiary/aromatic N) is 2. The van der Waals surface area contributed by atoms with Gasteiger partial charge in [0.1, 0.15) is 0 Å². The number of aromatic nitrogens is 2. The van der Waals surface area contributed by atoms with Crippen molar-refractivity contribution in [3.05, 3.63) is 58.2 Å². The Morgan fingerprint density at radius 1 is 1.10 bits per heavy atom. The Labute approximate surface area is 127 Å². The highest BCUT2D eigenvalue weighted by Crippen LogP contribution is 2.31. The van der Waals surface area contributed by atoms with Crippen LogP contribution in [0.3, 0.4) is 0 Å². The molecule has 0 saturated carbocycles. The van der Waals surface area contributed by atoms with Crippen LogP contribution in [0.2, 0.25) is 5.28 Å². The zero-order valence-electron chi connectivity index (χ0n) is 10.1. The maximum Gasteiger partial charge on any atom is 0.224 e. The van der Waals surface area contributed by atoms with Gasteiger partial charge in [0.05, 0.1) is 6.20 Å². The lowest BCUT2D eigenvalue weighted by molar-refractivity contribution is 0.619. The first kappa shape index (κ1) is 13.3. The Kier molecular flexibility index (Phi) is 3.54. The number of rotatable bonds is 2. The van der Waals surface area contributed by atoms with Crippen LogP contribution in [0.25, 0.3) is 10.8 Å². The monoisotopic (exact) mass is 351 g/mol. The summed E-state index contributed by atoms with van der Waals surface area (Å²) < 4.78 is 14.7. The van der Waals surface area contributed by atoms with Gasteiger partial charge in [-0.05, 0) is 29.1 Å². The second kappa shape index (κ2) is 5.34. The minimum atomic E-state index is -0.554. The molecular weight excluding hydrogens is 345 g/mol. The van der Waals surface area contributed by atoms with Gasteiger partial charge in [0, 0.05) is 15.5 Å². The largest absolute Gasteiger partial charge is 0.337 e. The summed E-state index contributed by atoms with van der Waals surface area (Å²) in [6.07, 6.45) is 1.04. The molecule has 1 N–H and O–H groups in total. The molecule has 0 atom stereocenters. The van der Waals surface area contributed by atoms with E-state index in [0.717, 1.165) is 27.1 Å². The van der Waals surface area contributed by atoms with Gasteiger partial charge in [-0.15, -0.1) is 0 Å². The van der Waals surface area contributed by atoms with E-state index in [1.54, 1.807) is 0 Å². The predicted molar refractivity (Wildman–Crippen MR) is 81.9 cm³/mol. The number of benzene rings is 2. The van der Waals surface area contributed by atoms with E-state index >= 15 is 0 Å². The number of halogens is 3. The third kappa shape index (κ3) is 2.46. The minimum Gasteiger partial charge on any atom is -0.337 e. The smallest absolute Gasteiger partial charge is 0.224 e. The predicted octanol–water partition coefficient (Wildman–Crippen LogP) is 4.93. The maximum atomic E-state index is 13.7. The molecule has 0 fully saturated rings. The number of hydrogen-bond acceptors (Lipinski definition) is 3. The van der Waals surface area contributed by atoms with Gasteiger partial charge in [0.25, 0.3) is 0 Å². The van der Waals surface area contributed by atoms with Crippen LogP contribution >= 0.6 is 27.5 Å². The highest BCUT2D eigenvalue weighted by Gasteiger charge is 2.09. The van der Waals surface area contributed by atoms with Gasteiger partial charge in [-0.2, -0.15) is 4.98 Å². The summed E-state index contributed by atoms with van der Waals surface area (Å²) in [5.41, 5.74) is 0.748. The van der Waals surface area contributed by atoms with Crippen molar-refractivity contribution in [1.82, 2.24) is 9.97 Å². The average molecular weight is 353 g/mol. The van der Waals surface area contributed by atoms with Crippen LogP contribution in [-0.4, -0.2) is 9.97 Å². The van der Waals surface area contributed by atoms with Gasteiger partial charge in [-0.25, -0.2) is 9.37 Å². The van der Waals surface area contributed by atoms with Crippen LogP contribution in [0.15, 0.2) is 47.1 Å². The quantitative estimate of drug-likeness (QED) is 0.665. The molecule has 0 radical (unpaired) electrons. The standard InChI is InChI=1S/C14H8BrClFN3/c15-10-5-6-12(9-4-2-1-3-8(9)10)19-13-11(17)7-18-14(16)20-13/h1-7H,(H,18,19,20). The van der Waals surface area contributed by atoms with Gasteiger partial charge in [0.15, 0.2) is 11.6 Å². The molecule has 3 rings (SSSR count). The minimum absolute atomic E-state index is 0.00434. The fourth-order valence-electron chi connectivity index (χ4n) is 1.93. The van der Waals surface area contributed by atoms with Crippen molar-refractivity contribution >= 4 is 49.8 Å². The van der Waals surface area contributed by atoms with Crippen molar-refractivity contribution < 1.29 is 4.39 Å². The lowest BCUT2D eigenvalue weighted by Crippen LogP contribution is -1.99. The van der Waals surface area contributed by atoms with E-state index in [0.29, 0.717) is 0 Å². The highest BCUT2D eigenvalue weighted by atomic mass is 79.9. The van der Waals surface area contributed by atoms with Crippen molar-refractivity contribution in [1.29, 1.82) is 0 Å². The Morgan fingerprint density at radius 2 is 1.85 bits per heavy atom. The van der Waals surface area contributed by atoms with Crippen LogP contribution < -0.4 is 5.32 Å². The van der Waals surface area contributed by atoms with Gasteiger partial charge in [-0.1, -0.05) is 40.2 Å². The van der Waals surface area contributed by atoms with E-state index in [1.165, 1.54) is 0 Å². The third-order valence-electron chi connectivity index (χ3n) is 2.84. The van der Waals surface area contributed by atoms with Crippen molar-refractivity contribution in [3.8, 4) is 0 Å². The summed E-state index contributed by atoms with van der Waals surface area (Å²) >= 11 is 9.18. The van der Waals surface area contributed by atoms with Crippen LogP contribution in [0, 0.1) is 5.82 Å². The second-order valence-corrected chi connectivity index (χ2v) is 5.29. The lowest BCUT2D eigenvalue weighted by atomic mass is 10.1. The molecule has 20 heavy (non-hydrogen) atoms. The molecular formula is C14H8BrClFN3. The van der Waals surface area contributed by atoms with E-state index in [1.807, 2.05) is 36.4 Å². The van der Waals surface area contributed by atoms with Gasteiger partial charge in [0.2, 0.25) is 5.28 Å². The average Bonchev–Trinajstić information content (AvgIpc) is 2.46. The molecule has 3 aromatic rings. The zero-order chi connectivity index (χ0) is 14.1. The molecule has 6 heteroatoms. The highest BCUT2D eigenvalue weighted by molar-refractivity contribution is 9.10. The van der Waals surface area contributed by atoms with Gasteiger partial charge in [-0.3, -0.25) is 0 Å². The molecule has 0 saturated heterocycles. The number of fused-ring (bicyclic) bond motifs is 1. The van der Waals surface area contributed by atoms with Crippen LogP contribution in [0.5, 0.6) is 0 Å². The summed E-state index contributed by atoms with van der Waals surface area (Å²) in [5, 5.41) is 4.93. The van der Waals surface area contributed by atoms with Crippen LogP contribution in [0.1, 0.15) is 0 Å². The molecule has 0 aliphatic rings. The molecule has 0 unspecified atom stereocenters. The summed E-state index contributed by atoms with van der Waals surface area (Å²) in [5.74, 6) is -0.501. The topological polar surface area (TPSA) is 37.8 Å². The first-order chi connectivity index (χ1) is 9.65. The fourth-order valence-corrected chi connectivity index (χ4v) is 2.54. The molecule has 100 valence electrons. The molecule has 1 aromatic heterocycles. The van der Waals surface area contributed by atoms with E-state index in [4.69, 9.17) is 11.6 Å². The van der Waals surface area contributed by atoms with Crippen molar-refractivity contribution in [3.63, 3.8) is 0 Å². The van der Waals surface area contributed by atoms with E-state index in [-0.39, 0.29) is 11.1 Å². The normalized spacial score (nSPS) is 10.8.